The largest absolute Gasteiger partial charge is 0.497 e. The molecule has 4 aliphatic rings. The Morgan fingerprint density at radius 3 is 1.33 bits per heavy atom. The van der Waals surface area contributed by atoms with Gasteiger partial charge in [-0.3, -0.25) is 18.2 Å². The van der Waals surface area contributed by atoms with Gasteiger partial charge < -0.3 is 9.47 Å². The number of benzene rings is 4. The molecular weight excluding hydrogens is 917 g/mol. The topological polar surface area (TPSA) is 127 Å². The third-order valence-electron chi connectivity index (χ3n) is 15.4. The molecule has 0 aromatic heterocycles. The number of sulfonamides is 2. The van der Waals surface area contributed by atoms with Gasteiger partial charge in [-0.25, -0.2) is 16.8 Å². The number of methoxy groups -OCH3 is 2. The van der Waals surface area contributed by atoms with Crippen LogP contribution in [0.2, 0.25) is 0 Å². The van der Waals surface area contributed by atoms with Gasteiger partial charge in [0.1, 0.15) is 23.1 Å². The molecule has 380 valence electrons. The summed E-state index contributed by atoms with van der Waals surface area (Å²) in [7, 11) is -4.42. The van der Waals surface area contributed by atoms with E-state index in [0.717, 1.165) is 70.6 Å². The fourth-order valence-electron chi connectivity index (χ4n) is 11.2. The van der Waals surface area contributed by atoms with Crippen molar-refractivity contribution < 1.29 is 35.9 Å². The summed E-state index contributed by atoms with van der Waals surface area (Å²) in [5, 5.41) is 0. The summed E-state index contributed by atoms with van der Waals surface area (Å²) in [5.74, 6) is 2.70. The predicted molar refractivity (Wildman–Crippen MR) is 281 cm³/mol. The number of hydrogen-bond acceptors (Lipinski definition) is 8. The third kappa shape index (κ3) is 14.3. The maximum atomic E-state index is 13.7. The van der Waals surface area contributed by atoms with Crippen molar-refractivity contribution in [3.05, 3.63) is 108 Å². The Morgan fingerprint density at radius 1 is 0.471 bits per heavy atom. The number of rotatable bonds is 19. The van der Waals surface area contributed by atoms with Crippen LogP contribution in [0.5, 0.6) is 11.5 Å². The molecule has 0 unspecified atom stereocenters. The average molecular weight is 995 g/mol. The van der Waals surface area contributed by atoms with Crippen LogP contribution in [0.3, 0.4) is 0 Å². The molecule has 4 aromatic carbocycles. The highest BCUT2D eigenvalue weighted by atomic mass is 32.2. The number of aryl methyl sites for hydroxylation is 2. The van der Waals surface area contributed by atoms with E-state index in [-0.39, 0.29) is 28.2 Å². The van der Waals surface area contributed by atoms with E-state index in [0.29, 0.717) is 72.6 Å². The molecule has 10 nitrogen and oxygen atoms in total. The van der Waals surface area contributed by atoms with Crippen molar-refractivity contribution in [3.8, 4) is 11.5 Å². The highest BCUT2D eigenvalue weighted by Crippen LogP contribution is 2.36. The molecule has 0 heterocycles. The van der Waals surface area contributed by atoms with Crippen molar-refractivity contribution in [1.29, 1.82) is 0 Å². The van der Waals surface area contributed by atoms with Crippen molar-refractivity contribution in [2.75, 3.05) is 35.9 Å². The second-order valence-corrected chi connectivity index (χ2v) is 23.8. The molecule has 8 rings (SSSR count). The second kappa shape index (κ2) is 26.1. The van der Waals surface area contributed by atoms with Crippen LogP contribution >= 0.6 is 0 Å². The average Bonchev–Trinajstić information content (AvgIpc) is 3.86. The van der Waals surface area contributed by atoms with Gasteiger partial charge in [-0.1, -0.05) is 88.8 Å². The van der Waals surface area contributed by atoms with Gasteiger partial charge in [0, 0.05) is 37.8 Å². The Bertz CT molecular complexity index is 2490. The molecule has 4 aromatic rings. The fraction of sp³-hybridized carbons (Fsp3) is 0.552. The van der Waals surface area contributed by atoms with E-state index in [9.17, 15) is 26.4 Å². The summed E-state index contributed by atoms with van der Waals surface area (Å²) in [6, 6.07) is 27.2. The molecule has 0 radical (unpaired) electrons. The Balaban J connectivity index is 0.000000207. The molecule has 12 heteroatoms. The van der Waals surface area contributed by atoms with Gasteiger partial charge in [0.25, 0.3) is 20.0 Å². The molecule has 0 spiro atoms. The van der Waals surface area contributed by atoms with E-state index in [4.69, 9.17) is 9.47 Å². The highest BCUT2D eigenvalue weighted by Gasteiger charge is 2.29. The lowest BCUT2D eigenvalue weighted by Gasteiger charge is -2.27. The molecule has 0 bridgehead atoms. The summed E-state index contributed by atoms with van der Waals surface area (Å²) >= 11 is 0. The van der Waals surface area contributed by atoms with Crippen LogP contribution < -0.4 is 18.1 Å². The molecule has 70 heavy (non-hydrogen) atoms. The SMILES string of the molecule is COc1ccc(S(=O)(=O)N(CCCC(=O)C2CCCCCC2)c2ccc(C3CCCCC3)cc2)cc1.COc1ccc(S(=O)(=O)N(CCCC(=O)C2CCCCCC2)c2ccc3c(c2)CCCC3)cc1. The number of Topliss-reactive ketones (excluding diaryl/α,β-unsaturated/α-hetero) is 2. The van der Waals surface area contributed by atoms with E-state index in [1.54, 1.807) is 62.8 Å². The molecule has 4 aliphatic carbocycles. The highest BCUT2D eigenvalue weighted by molar-refractivity contribution is 7.93. The lowest BCUT2D eigenvalue weighted by atomic mass is 9.84. The minimum Gasteiger partial charge on any atom is -0.497 e. The summed E-state index contributed by atoms with van der Waals surface area (Å²) in [4.78, 5) is 26.2. The van der Waals surface area contributed by atoms with Gasteiger partial charge in [-0.2, -0.15) is 0 Å². The maximum absolute atomic E-state index is 13.7. The molecule has 0 amide bonds. The fourth-order valence-corrected chi connectivity index (χ4v) is 14.2. The first-order chi connectivity index (χ1) is 34.0. The first kappa shape index (κ1) is 53.1. The number of fused-ring (bicyclic) bond motifs is 1. The Kier molecular flexibility index (Phi) is 19.8. The first-order valence-corrected chi connectivity index (χ1v) is 29.5. The predicted octanol–water partition coefficient (Wildman–Crippen LogP) is 13.3. The van der Waals surface area contributed by atoms with Crippen molar-refractivity contribution in [2.24, 2.45) is 11.8 Å². The maximum Gasteiger partial charge on any atom is 0.264 e. The Hall–Kier alpha value is -4.68. The van der Waals surface area contributed by atoms with Gasteiger partial charge in [0.15, 0.2) is 0 Å². The minimum atomic E-state index is -3.78. The van der Waals surface area contributed by atoms with Gasteiger partial charge in [-0.05, 0) is 172 Å². The number of carbonyl (C=O) groups is 2. The first-order valence-electron chi connectivity index (χ1n) is 26.6. The van der Waals surface area contributed by atoms with Crippen LogP contribution in [0, 0.1) is 11.8 Å². The summed E-state index contributed by atoms with van der Waals surface area (Å²) in [5.41, 5.74) is 5.21. The van der Waals surface area contributed by atoms with Gasteiger partial charge in [-0.15, -0.1) is 0 Å². The van der Waals surface area contributed by atoms with Gasteiger partial charge >= 0.3 is 0 Å². The standard InChI is InChI=1S/C30H41NO4S.C28H37NO4S/c1-35-28-19-21-29(22-20-28)36(33,34)31(23-9-14-30(32)26-12-5-2-3-6-13-26)27-17-15-25(16-18-27)24-10-7-4-8-11-24;1-33-26-16-18-27(19-17-26)34(31,32)29(25-15-14-22-9-6-7-12-24(22)21-25)20-8-13-28(30)23-10-4-2-3-5-11-23/h15-22,24,26H,2-14,23H2,1H3;14-19,21,23H,2-13,20H2,1H3. The lowest BCUT2D eigenvalue weighted by molar-refractivity contribution is -0.124. The van der Waals surface area contributed by atoms with Crippen molar-refractivity contribution >= 4 is 43.0 Å². The van der Waals surface area contributed by atoms with Crippen molar-refractivity contribution in [3.63, 3.8) is 0 Å². The number of hydrogen-bond donors (Lipinski definition) is 0. The molecular formula is C58H78N2O8S2. The van der Waals surface area contributed by atoms with E-state index >= 15 is 0 Å². The van der Waals surface area contributed by atoms with E-state index in [2.05, 4.69) is 18.2 Å². The monoisotopic (exact) mass is 995 g/mol. The minimum absolute atomic E-state index is 0.147. The zero-order valence-corrected chi connectivity index (χ0v) is 43.6. The van der Waals surface area contributed by atoms with E-state index in [1.165, 1.54) is 89.5 Å². The molecule has 0 N–H and O–H groups in total. The summed E-state index contributed by atoms with van der Waals surface area (Å²) < 4.78 is 68.3. The molecule has 0 saturated heterocycles. The van der Waals surface area contributed by atoms with Crippen molar-refractivity contribution in [2.45, 2.75) is 176 Å². The number of ether oxygens (including phenoxy) is 2. The van der Waals surface area contributed by atoms with Crippen LogP contribution in [0.25, 0.3) is 0 Å². The number of carbonyl (C=O) groups excluding carboxylic acids is 2. The van der Waals surface area contributed by atoms with Crippen LogP contribution in [0.4, 0.5) is 11.4 Å². The Morgan fingerprint density at radius 2 is 0.871 bits per heavy atom. The Labute approximate surface area is 420 Å². The number of anilines is 2. The van der Waals surface area contributed by atoms with E-state index in [1.807, 2.05) is 24.3 Å². The summed E-state index contributed by atoms with van der Waals surface area (Å²) in [6.45, 7) is 0.585. The normalized spacial score (nSPS) is 17.5. The van der Waals surface area contributed by atoms with Crippen LogP contribution in [0.1, 0.15) is 170 Å². The van der Waals surface area contributed by atoms with Crippen molar-refractivity contribution in [1.82, 2.24) is 0 Å². The smallest absolute Gasteiger partial charge is 0.264 e. The van der Waals surface area contributed by atoms with E-state index < -0.39 is 20.0 Å². The summed E-state index contributed by atoms with van der Waals surface area (Å²) in [6.07, 6.45) is 25.8. The number of nitrogens with zero attached hydrogens (tertiary/aromatic N) is 2. The van der Waals surface area contributed by atoms with Crippen LogP contribution in [-0.2, 0) is 42.5 Å². The zero-order valence-electron chi connectivity index (χ0n) is 42.0. The van der Waals surface area contributed by atoms with Crippen LogP contribution in [-0.4, -0.2) is 55.7 Å². The molecule has 3 saturated carbocycles. The molecule has 3 fully saturated rings. The van der Waals surface area contributed by atoms with Gasteiger partial charge in [0.2, 0.25) is 0 Å². The van der Waals surface area contributed by atoms with Crippen LogP contribution in [0.15, 0.2) is 101 Å². The van der Waals surface area contributed by atoms with Gasteiger partial charge in [0.05, 0.1) is 35.4 Å². The zero-order chi connectivity index (χ0) is 49.4. The quantitative estimate of drug-likeness (QED) is 0.0850. The third-order valence-corrected chi connectivity index (χ3v) is 19.0. The lowest BCUT2D eigenvalue weighted by Crippen LogP contribution is -2.32. The molecule has 0 atom stereocenters. The number of ketones is 2. The second-order valence-electron chi connectivity index (χ2n) is 20.1. The molecule has 0 aliphatic heterocycles.